The predicted molar refractivity (Wildman–Crippen MR) is 57.7 cm³/mol. The molecule has 0 aliphatic heterocycles. The summed E-state index contributed by atoms with van der Waals surface area (Å²) in [4.78, 5) is 3.99. The van der Waals surface area contributed by atoms with Gasteiger partial charge in [-0.2, -0.15) is 0 Å². The van der Waals surface area contributed by atoms with Crippen LogP contribution in [-0.2, 0) is 6.42 Å². The first kappa shape index (κ1) is 8.75. The van der Waals surface area contributed by atoms with Crippen molar-refractivity contribution in [1.29, 1.82) is 0 Å². The van der Waals surface area contributed by atoms with Crippen LogP contribution in [0.1, 0.15) is 5.56 Å². The molecule has 2 rings (SSSR count). The molecule has 0 unspecified atom stereocenters. The van der Waals surface area contributed by atoms with E-state index in [4.69, 9.17) is 0 Å². The largest absolute Gasteiger partial charge is 0.310 e. The summed E-state index contributed by atoms with van der Waals surface area (Å²) in [6, 6.07) is 10.3. The van der Waals surface area contributed by atoms with E-state index in [1.54, 1.807) is 12.5 Å². The maximum atomic E-state index is 4.02. The van der Waals surface area contributed by atoms with Gasteiger partial charge in [0.2, 0.25) is 0 Å². The molecule has 1 aromatic carbocycles. The molecular formula is C12H12N2. The summed E-state index contributed by atoms with van der Waals surface area (Å²) in [7, 11) is 0. The van der Waals surface area contributed by atoms with Crippen LogP contribution in [0.5, 0.6) is 0 Å². The summed E-state index contributed by atoms with van der Waals surface area (Å²) < 4.78 is 1.94. The molecular weight excluding hydrogens is 172 g/mol. The molecule has 0 radical (unpaired) electrons. The Kier molecular flexibility index (Phi) is 2.45. The zero-order chi connectivity index (χ0) is 9.80. The highest BCUT2D eigenvalue weighted by atomic mass is 15.0. The van der Waals surface area contributed by atoms with Crippen LogP contribution in [0.4, 0.5) is 0 Å². The standard InChI is InChI=1S/C12H12N2/c1-11(14-8-7-13-10-14)9-12-5-3-2-4-6-12/h2-8,10H,1,9H2. The van der Waals surface area contributed by atoms with E-state index in [1.807, 2.05) is 29.0 Å². The van der Waals surface area contributed by atoms with Crippen molar-refractivity contribution in [2.75, 3.05) is 0 Å². The summed E-state index contributed by atoms with van der Waals surface area (Å²) in [5.41, 5.74) is 2.31. The lowest BCUT2D eigenvalue weighted by molar-refractivity contribution is 1.03. The van der Waals surface area contributed by atoms with Crippen molar-refractivity contribution in [3.8, 4) is 0 Å². The van der Waals surface area contributed by atoms with E-state index in [9.17, 15) is 0 Å². The Labute approximate surface area is 83.5 Å². The third-order valence-corrected chi connectivity index (χ3v) is 2.12. The first-order valence-corrected chi connectivity index (χ1v) is 4.56. The molecule has 0 spiro atoms. The average Bonchev–Trinajstić information content (AvgIpc) is 2.72. The smallest absolute Gasteiger partial charge is 0.0989 e. The Morgan fingerprint density at radius 3 is 2.71 bits per heavy atom. The highest BCUT2D eigenvalue weighted by Gasteiger charge is 1.97. The number of benzene rings is 1. The van der Waals surface area contributed by atoms with Crippen molar-refractivity contribution in [1.82, 2.24) is 9.55 Å². The Balaban J connectivity index is 2.10. The van der Waals surface area contributed by atoms with E-state index in [0.29, 0.717) is 0 Å². The van der Waals surface area contributed by atoms with Crippen LogP contribution in [0.3, 0.4) is 0 Å². The van der Waals surface area contributed by atoms with Crippen LogP contribution >= 0.6 is 0 Å². The number of aromatic nitrogens is 2. The van der Waals surface area contributed by atoms with E-state index < -0.39 is 0 Å². The van der Waals surface area contributed by atoms with E-state index in [1.165, 1.54) is 5.56 Å². The number of hydrogen-bond acceptors (Lipinski definition) is 1. The summed E-state index contributed by atoms with van der Waals surface area (Å²) in [5.74, 6) is 0. The van der Waals surface area contributed by atoms with Gasteiger partial charge in [0.15, 0.2) is 0 Å². The second-order valence-corrected chi connectivity index (χ2v) is 3.20. The van der Waals surface area contributed by atoms with Gasteiger partial charge < -0.3 is 4.57 Å². The van der Waals surface area contributed by atoms with Gasteiger partial charge in [0.1, 0.15) is 0 Å². The Morgan fingerprint density at radius 2 is 2.07 bits per heavy atom. The van der Waals surface area contributed by atoms with E-state index in [-0.39, 0.29) is 0 Å². The van der Waals surface area contributed by atoms with Gasteiger partial charge in [-0.1, -0.05) is 36.9 Å². The van der Waals surface area contributed by atoms with Crippen LogP contribution in [0, 0.1) is 0 Å². The first-order valence-electron chi connectivity index (χ1n) is 4.56. The molecule has 0 N–H and O–H groups in total. The maximum absolute atomic E-state index is 4.02. The lowest BCUT2D eigenvalue weighted by Crippen LogP contribution is -1.95. The molecule has 0 aliphatic carbocycles. The Bertz CT molecular complexity index is 401. The number of allylic oxidation sites excluding steroid dienone is 1. The lowest BCUT2D eigenvalue weighted by atomic mass is 10.1. The van der Waals surface area contributed by atoms with Crippen molar-refractivity contribution in [2.45, 2.75) is 6.42 Å². The van der Waals surface area contributed by atoms with Crippen LogP contribution in [0.2, 0.25) is 0 Å². The van der Waals surface area contributed by atoms with E-state index >= 15 is 0 Å². The van der Waals surface area contributed by atoms with Gasteiger partial charge in [-0.15, -0.1) is 0 Å². The van der Waals surface area contributed by atoms with Crippen molar-refractivity contribution in [3.05, 3.63) is 61.2 Å². The first-order chi connectivity index (χ1) is 6.86. The molecule has 0 atom stereocenters. The normalized spacial score (nSPS) is 10.0. The minimum absolute atomic E-state index is 0.858. The summed E-state index contributed by atoms with van der Waals surface area (Å²) in [6.45, 7) is 4.02. The number of imidazole rings is 1. The van der Waals surface area contributed by atoms with Gasteiger partial charge in [-0.3, -0.25) is 0 Å². The molecule has 0 saturated carbocycles. The highest BCUT2D eigenvalue weighted by Crippen LogP contribution is 2.09. The van der Waals surface area contributed by atoms with Crippen molar-refractivity contribution in [2.24, 2.45) is 0 Å². The quantitative estimate of drug-likeness (QED) is 0.717. The summed E-state index contributed by atoms with van der Waals surface area (Å²) in [5, 5.41) is 0. The molecule has 1 aromatic heterocycles. The van der Waals surface area contributed by atoms with Gasteiger partial charge >= 0.3 is 0 Å². The second-order valence-electron chi connectivity index (χ2n) is 3.20. The van der Waals surface area contributed by atoms with Gasteiger partial charge in [-0.05, 0) is 5.56 Å². The topological polar surface area (TPSA) is 17.8 Å². The fraction of sp³-hybridized carbons (Fsp3) is 0.0833. The lowest BCUT2D eigenvalue weighted by Gasteiger charge is -2.05. The summed E-state index contributed by atoms with van der Waals surface area (Å²) in [6.07, 6.45) is 6.30. The Hall–Kier alpha value is -1.83. The number of rotatable bonds is 3. The minimum Gasteiger partial charge on any atom is -0.310 e. The third kappa shape index (κ3) is 1.91. The van der Waals surface area contributed by atoms with Crippen LogP contribution in [0.15, 0.2) is 55.6 Å². The molecule has 0 aliphatic rings. The maximum Gasteiger partial charge on any atom is 0.0989 e. The zero-order valence-corrected chi connectivity index (χ0v) is 7.93. The van der Waals surface area contributed by atoms with Crippen molar-refractivity contribution >= 4 is 5.70 Å². The van der Waals surface area contributed by atoms with Crippen LogP contribution in [-0.4, -0.2) is 9.55 Å². The molecule has 2 heteroatoms. The van der Waals surface area contributed by atoms with Crippen molar-refractivity contribution < 1.29 is 0 Å². The molecule has 0 fully saturated rings. The van der Waals surface area contributed by atoms with Gasteiger partial charge in [-0.25, -0.2) is 4.98 Å². The molecule has 2 aromatic rings. The van der Waals surface area contributed by atoms with Crippen molar-refractivity contribution in [3.63, 3.8) is 0 Å². The molecule has 0 saturated heterocycles. The molecule has 2 nitrogen and oxygen atoms in total. The highest BCUT2D eigenvalue weighted by molar-refractivity contribution is 5.45. The monoisotopic (exact) mass is 184 g/mol. The van der Waals surface area contributed by atoms with Gasteiger partial charge in [0.05, 0.1) is 6.33 Å². The molecule has 1 heterocycles. The van der Waals surface area contributed by atoms with E-state index in [2.05, 4.69) is 23.7 Å². The van der Waals surface area contributed by atoms with Gasteiger partial charge in [0.25, 0.3) is 0 Å². The molecule has 14 heavy (non-hydrogen) atoms. The Morgan fingerprint density at radius 1 is 1.29 bits per heavy atom. The van der Waals surface area contributed by atoms with Gasteiger partial charge in [0, 0.05) is 24.5 Å². The molecule has 0 amide bonds. The van der Waals surface area contributed by atoms with Crippen LogP contribution < -0.4 is 0 Å². The zero-order valence-electron chi connectivity index (χ0n) is 7.93. The number of nitrogens with zero attached hydrogens (tertiary/aromatic N) is 2. The second kappa shape index (κ2) is 3.92. The molecule has 0 bridgehead atoms. The van der Waals surface area contributed by atoms with E-state index in [0.717, 1.165) is 12.1 Å². The SMILES string of the molecule is C=C(Cc1ccccc1)n1ccnc1. The predicted octanol–water partition coefficient (Wildman–Crippen LogP) is 2.60. The summed E-state index contributed by atoms with van der Waals surface area (Å²) >= 11 is 0. The fourth-order valence-electron chi connectivity index (χ4n) is 1.37. The average molecular weight is 184 g/mol. The molecule has 70 valence electrons. The minimum atomic E-state index is 0.858. The van der Waals surface area contributed by atoms with Crippen LogP contribution in [0.25, 0.3) is 5.70 Å². The third-order valence-electron chi connectivity index (χ3n) is 2.12. The fourth-order valence-corrected chi connectivity index (χ4v) is 1.37. The number of hydrogen-bond donors (Lipinski definition) is 0.